The molecule has 1 aromatic heterocycles. The van der Waals surface area contributed by atoms with Gasteiger partial charge < -0.3 is 19.5 Å². The molecule has 1 aliphatic heterocycles. The molecule has 27 heavy (non-hydrogen) atoms. The Bertz CT molecular complexity index is 965. The van der Waals surface area contributed by atoms with E-state index in [1.54, 1.807) is 23.0 Å². The van der Waals surface area contributed by atoms with Crippen LogP contribution in [0.1, 0.15) is 15.9 Å². The minimum absolute atomic E-state index is 0.286. The van der Waals surface area contributed by atoms with Crippen molar-refractivity contribution in [1.29, 1.82) is 0 Å². The average Bonchev–Trinajstić information content (AvgIpc) is 3.08. The van der Waals surface area contributed by atoms with Gasteiger partial charge in [-0.15, -0.1) is 0 Å². The van der Waals surface area contributed by atoms with Gasteiger partial charge in [0.1, 0.15) is 19.0 Å². The van der Waals surface area contributed by atoms with E-state index in [1.165, 1.54) is 7.11 Å². The Morgan fingerprint density at radius 1 is 1.19 bits per heavy atom. The van der Waals surface area contributed by atoms with E-state index in [2.05, 4.69) is 10.4 Å². The van der Waals surface area contributed by atoms with E-state index in [0.717, 1.165) is 11.3 Å². The van der Waals surface area contributed by atoms with E-state index in [-0.39, 0.29) is 5.91 Å². The highest BCUT2D eigenvalue weighted by molar-refractivity contribution is 6.05. The summed E-state index contributed by atoms with van der Waals surface area (Å²) in [6.45, 7) is 2.78. The van der Waals surface area contributed by atoms with Gasteiger partial charge >= 0.3 is 0 Å². The highest BCUT2D eigenvalue weighted by Crippen LogP contribution is 2.40. The monoisotopic (exact) mass is 365 g/mol. The van der Waals surface area contributed by atoms with Gasteiger partial charge in [0, 0.05) is 11.1 Å². The number of anilines is 1. The molecule has 138 valence electrons. The van der Waals surface area contributed by atoms with Gasteiger partial charge in [-0.25, -0.2) is 4.68 Å². The van der Waals surface area contributed by atoms with Crippen LogP contribution in [0.3, 0.4) is 0 Å². The van der Waals surface area contributed by atoms with Crippen molar-refractivity contribution in [2.75, 3.05) is 25.6 Å². The molecule has 1 amide bonds. The number of hydrogen-bond acceptors (Lipinski definition) is 5. The summed E-state index contributed by atoms with van der Waals surface area (Å²) in [5.74, 6) is 1.81. The van der Waals surface area contributed by atoms with Crippen molar-refractivity contribution in [3.8, 4) is 22.9 Å². The van der Waals surface area contributed by atoms with Crippen LogP contribution in [-0.2, 0) is 0 Å². The number of amides is 1. The molecule has 0 radical (unpaired) electrons. The maximum atomic E-state index is 12.9. The number of aryl methyl sites for hydroxylation is 1. The number of methoxy groups -OCH3 is 1. The van der Waals surface area contributed by atoms with Crippen LogP contribution in [0.2, 0.25) is 0 Å². The van der Waals surface area contributed by atoms with Gasteiger partial charge in [0.25, 0.3) is 5.91 Å². The molecule has 7 nitrogen and oxygen atoms in total. The van der Waals surface area contributed by atoms with E-state index in [4.69, 9.17) is 14.2 Å². The minimum atomic E-state index is -0.286. The van der Waals surface area contributed by atoms with Crippen molar-refractivity contribution >= 4 is 11.7 Å². The van der Waals surface area contributed by atoms with E-state index in [9.17, 15) is 4.79 Å². The number of benzene rings is 2. The van der Waals surface area contributed by atoms with Gasteiger partial charge in [-0.1, -0.05) is 18.2 Å². The second-order valence-corrected chi connectivity index (χ2v) is 6.08. The molecule has 0 atom stereocenters. The molecule has 7 heteroatoms. The minimum Gasteiger partial charge on any atom is -0.493 e. The Kier molecular flexibility index (Phi) is 4.42. The molecule has 2 heterocycles. The number of carbonyl (C=O) groups is 1. The molecule has 0 fully saturated rings. The molecule has 1 aliphatic rings. The third-order valence-electron chi connectivity index (χ3n) is 4.28. The second kappa shape index (κ2) is 7.03. The Morgan fingerprint density at radius 3 is 2.74 bits per heavy atom. The molecular weight excluding hydrogens is 346 g/mol. The van der Waals surface area contributed by atoms with Crippen LogP contribution >= 0.6 is 0 Å². The van der Waals surface area contributed by atoms with Crippen molar-refractivity contribution in [3.05, 3.63) is 59.8 Å². The zero-order valence-corrected chi connectivity index (χ0v) is 15.1. The number of ether oxygens (including phenoxy) is 3. The lowest BCUT2D eigenvalue weighted by Gasteiger charge is -2.21. The lowest BCUT2D eigenvalue weighted by molar-refractivity contribution is 0.102. The second-order valence-electron chi connectivity index (χ2n) is 6.08. The Balaban J connectivity index is 1.67. The molecule has 1 N–H and O–H groups in total. The van der Waals surface area contributed by atoms with Crippen molar-refractivity contribution in [1.82, 2.24) is 9.78 Å². The average molecular weight is 365 g/mol. The van der Waals surface area contributed by atoms with Crippen LogP contribution in [0.15, 0.2) is 48.7 Å². The smallest absolute Gasteiger partial charge is 0.257 e. The van der Waals surface area contributed by atoms with Crippen molar-refractivity contribution in [3.63, 3.8) is 0 Å². The van der Waals surface area contributed by atoms with Crippen LogP contribution in [0, 0.1) is 6.92 Å². The highest BCUT2D eigenvalue weighted by Gasteiger charge is 2.22. The van der Waals surface area contributed by atoms with Gasteiger partial charge in [-0.3, -0.25) is 4.79 Å². The zero-order valence-electron chi connectivity index (χ0n) is 15.1. The van der Waals surface area contributed by atoms with Gasteiger partial charge in [0.15, 0.2) is 11.5 Å². The Hall–Kier alpha value is -3.48. The normalized spacial score (nSPS) is 12.5. The van der Waals surface area contributed by atoms with Gasteiger partial charge in [0.2, 0.25) is 5.75 Å². The number of nitrogens with one attached hydrogen (secondary N) is 1. The van der Waals surface area contributed by atoms with Crippen LogP contribution < -0.4 is 19.5 Å². The maximum absolute atomic E-state index is 12.9. The summed E-state index contributed by atoms with van der Waals surface area (Å²) in [4.78, 5) is 12.9. The lowest BCUT2D eigenvalue weighted by atomic mass is 10.1. The summed E-state index contributed by atoms with van der Waals surface area (Å²) in [6, 6.07) is 12.9. The molecule has 0 saturated carbocycles. The number of rotatable bonds is 4. The van der Waals surface area contributed by atoms with Crippen molar-refractivity contribution in [2.45, 2.75) is 6.92 Å². The number of hydrogen-bond donors (Lipinski definition) is 1. The highest BCUT2D eigenvalue weighted by atomic mass is 16.6. The molecular formula is C20H19N3O4. The van der Waals surface area contributed by atoms with Crippen LogP contribution in [-0.4, -0.2) is 36.0 Å². The topological polar surface area (TPSA) is 74.6 Å². The summed E-state index contributed by atoms with van der Waals surface area (Å²) in [5.41, 5.74) is 2.13. The summed E-state index contributed by atoms with van der Waals surface area (Å²) >= 11 is 0. The number of fused-ring (bicyclic) bond motifs is 1. The first-order valence-electron chi connectivity index (χ1n) is 8.56. The number of carbonyl (C=O) groups excluding carboxylic acids is 1. The summed E-state index contributed by atoms with van der Waals surface area (Å²) in [5, 5.41) is 7.31. The fourth-order valence-electron chi connectivity index (χ4n) is 2.93. The van der Waals surface area contributed by atoms with E-state index in [0.29, 0.717) is 41.8 Å². The molecule has 2 aromatic carbocycles. The number of nitrogens with zero attached hydrogens (tertiary/aromatic N) is 2. The first-order chi connectivity index (χ1) is 13.2. The van der Waals surface area contributed by atoms with Crippen LogP contribution in [0.5, 0.6) is 17.2 Å². The third-order valence-corrected chi connectivity index (χ3v) is 4.28. The zero-order chi connectivity index (χ0) is 18.8. The van der Waals surface area contributed by atoms with Gasteiger partial charge in [0.05, 0.1) is 19.0 Å². The quantitative estimate of drug-likeness (QED) is 0.768. The largest absolute Gasteiger partial charge is 0.493 e. The van der Waals surface area contributed by atoms with Crippen LogP contribution in [0.25, 0.3) is 5.69 Å². The first-order valence-corrected chi connectivity index (χ1v) is 8.56. The number of para-hydroxylation sites is 1. The number of aromatic nitrogens is 2. The molecule has 0 bridgehead atoms. The molecule has 0 saturated heterocycles. The maximum Gasteiger partial charge on any atom is 0.257 e. The van der Waals surface area contributed by atoms with Crippen molar-refractivity contribution in [2.24, 2.45) is 0 Å². The summed E-state index contributed by atoms with van der Waals surface area (Å²) < 4.78 is 18.2. The van der Waals surface area contributed by atoms with Crippen molar-refractivity contribution < 1.29 is 19.0 Å². The third kappa shape index (κ3) is 3.19. The summed E-state index contributed by atoms with van der Waals surface area (Å²) in [6.07, 6.45) is 1.72. The lowest BCUT2D eigenvalue weighted by Crippen LogP contribution is -2.19. The van der Waals surface area contributed by atoms with E-state index >= 15 is 0 Å². The molecule has 4 rings (SSSR count). The Morgan fingerprint density at radius 2 is 1.96 bits per heavy atom. The van der Waals surface area contributed by atoms with Crippen LogP contribution in [0.4, 0.5) is 5.82 Å². The molecule has 0 aliphatic carbocycles. The first kappa shape index (κ1) is 17.0. The standard InChI is InChI=1S/C20H19N3O4/c1-13-12-21-23(15-6-4-3-5-7-15)19(13)22-20(24)14-10-16(25-2)18-17(11-14)26-8-9-27-18/h3-7,10-12H,8-9H2,1-2H3,(H,22,24). The molecule has 0 unspecified atom stereocenters. The predicted molar refractivity (Wildman–Crippen MR) is 100 cm³/mol. The van der Waals surface area contributed by atoms with E-state index in [1.807, 2.05) is 37.3 Å². The molecule has 3 aromatic rings. The van der Waals surface area contributed by atoms with E-state index < -0.39 is 0 Å². The predicted octanol–water partition coefficient (Wildman–Crippen LogP) is 3.21. The Labute approximate surface area is 156 Å². The molecule has 0 spiro atoms. The van der Waals surface area contributed by atoms with Gasteiger partial charge in [-0.05, 0) is 31.2 Å². The SMILES string of the molecule is COc1cc(C(=O)Nc2c(C)cnn2-c2ccccc2)cc2c1OCCO2. The van der Waals surface area contributed by atoms with Gasteiger partial charge in [-0.2, -0.15) is 5.10 Å². The summed E-state index contributed by atoms with van der Waals surface area (Å²) in [7, 11) is 1.53. The fraction of sp³-hybridized carbons (Fsp3) is 0.200. The fourth-order valence-corrected chi connectivity index (χ4v) is 2.93.